The maximum Gasteiger partial charge on any atom is 0.235 e. The van der Waals surface area contributed by atoms with E-state index in [9.17, 15) is 4.79 Å². The average Bonchev–Trinajstić information content (AvgIpc) is 2.99. The topological polar surface area (TPSA) is 90.2 Å². The van der Waals surface area contributed by atoms with Crippen molar-refractivity contribution < 1.29 is 9.21 Å². The second-order valence-electron chi connectivity index (χ2n) is 4.15. The van der Waals surface area contributed by atoms with E-state index in [2.05, 4.69) is 10.2 Å². The first-order chi connectivity index (χ1) is 9.00. The van der Waals surface area contributed by atoms with Crippen LogP contribution in [-0.4, -0.2) is 45.0 Å². The summed E-state index contributed by atoms with van der Waals surface area (Å²) in [5.74, 6) is 6.86. The molecule has 1 amide bonds. The predicted octanol–water partition coefficient (Wildman–Crippen LogP) is 0.821. The van der Waals surface area contributed by atoms with Crippen LogP contribution in [-0.2, 0) is 4.79 Å². The van der Waals surface area contributed by atoms with Gasteiger partial charge in [-0.25, -0.2) is 4.68 Å². The number of hydrogen-bond acceptors (Lipinski definition) is 6. The van der Waals surface area contributed by atoms with Crippen LogP contribution in [0, 0.1) is 0 Å². The molecule has 0 unspecified atom stereocenters. The Hall–Kier alpha value is -1.96. The van der Waals surface area contributed by atoms with Crippen molar-refractivity contribution in [3.05, 3.63) is 18.4 Å². The zero-order chi connectivity index (χ0) is 14.0. The van der Waals surface area contributed by atoms with Crippen molar-refractivity contribution in [3.63, 3.8) is 0 Å². The molecule has 0 fully saturated rings. The van der Waals surface area contributed by atoms with Crippen molar-refractivity contribution in [1.82, 2.24) is 19.8 Å². The van der Waals surface area contributed by atoms with E-state index in [0.29, 0.717) is 16.7 Å². The number of carbonyl (C=O) groups is 1. The van der Waals surface area contributed by atoms with Crippen LogP contribution in [0.2, 0.25) is 0 Å². The van der Waals surface area contributed by atoms with Gasteiger partial charge in [-0.2, -0.15) is 0 Å². The lowest BCUT2D eigenvalue weighted by Gasteiger charge is -2.15. The molecule has 102 valence electrons. The molecule has 8 heteroatoms. The number of nitrogens with zero attached hydrogens (tertiary/aromatic N) is 4. The number of thioether (sulfide) groups is 1. The van der Waals surface area contributed by atoms with Gasteiger partial charge in [0.2, 0.25) is 16.9 Å². The summed E-state index contributed by atoms with van der Waals surface area (Å²) in [6, 6.07) is 3.49. The lowest BCUT2D eigenvalue weighted by atomic mass is 10.4. The SMILES string of the molecule is C[C@@H](Sc1nnc(-c2ccco2)n1N)C(=O)N(C)C. The molecular formula is C11H15N5O2S. The quantitative estimate of drug-likeness (QED) is 0.659. The highest BCUT2D eigenvalue weighted by Crippen LogP contribution is 2.25. The van der Waals surface area contributed by atoms with Gasteiger partial charge in [0.15, 0.2) is 5.76 Å². The molecule has 0 saturated carbocycles. The van der Waals surface area contributed by atoms with Gasteiger partial charge in [-0.1, -0.05) is 11.8 Å². The Bertz CT molecular complexity index is 564. The van der Waals surface area contributed by atoms with Crippen LogP contribution in [0.15, 0.2) is 28.0 Å². The van der Waals surface area contributed by atoms with Gasteiger partial charge in [-0.05, 0) is 19.1 Å². The van der Waals surface area contributed by atoms with Crippen LogP contribution in [0.25, 0.3) is 11.6 Å². The number of aromatic nitrogens is 3. The molecule has 7 nitrogen and oxygen atoms in total. The Kier molecular flexibility index (Phi) is 3.79. The Morgan fingerprint density at radius 3 is 2.84 bits per heavy atom. The fourth-order valence-electron chi connectivity index (χ4n) is 1.50. The summed E-state index contributed by atoms with van der Waals surface area (Å²) in [6.45, 7) is 1.80. The standard InChI is InChI=1S/C11H15N5O2S/c1-7(10(17)15(2)3)19-11-14-13-9(16(11)12)8-5-4-6-18-8/h4-7H,12H2,1-3H3/t7-/m1/s1. The first-order valence-electron chi connectivity index (χ1n) is 5.63. The average molecular weight is 281 g/mol. The third kappa shape index (κ3) is 2.73. The molecule has 1 atom stereocenters. The van der Waals surface area contributed by atoms with Crippen molar-refractivity contribution in [3.8, 4) is 11.6 Å². The van der Waals surface area contributed by atoms with Gasteiger partial charge in [0.1, 0.15) is 0 Å². The van der Waals surface area contributed by atoms with Gasteiger partial charge in [-0.15, -0.1) is 10.2 Å². The minimum Gasteiger partial charge on any atom is -0.461 e. The van der Waals surface area contributed by atoms with Gasteiger partial charge in [0.05, 0.1) is 11.5 Å². The summed E-state index contributed by atoms with van der Waals surface area (Å²) in [4.78, 5) is 13.3. The van der Waals surface area contributed by atoms with E-state index in [0.717, 1.165) is 0 Å². The minimum atomic E-state index is -0.286. The fraction of sp³-hybridized carbons (Fsp3) is 0.364. The number of nitrogens with two attached hydrogens (primary N) is 1. The molecule has 0 aliphatic rings. The van der Waals surface area contributed by atoms with E-state index < -0.39 is 0 Å². The van der Waals surface area contributed by atoms with Gasteiger partial charge in [-0.3, -0.25) is 4.79 Å². The van der Waals surface area contributed by atoms with Crippen LogP contribution in [0.4, 0.5) is 0 Å². The first-order valence-corrected chi connectivity index (χ1v) is 6.51. The largest absolute Gasteiger partial charge is 0.461 e. The summed E-state index contributed by atoms with van der Waals surface area (Å²) in [5.41, 5.74) is 0. The monoisotopic (exact) mass is 281 g/mol. The third-order valence-corrected chi connectivity index (χ3v) is 3.52. The molecule has 0 spiro atoms. The van der Waals surface area contributed by atoms with E-state index >= 15 is 0 Å². The highest BCUT2D eigenvalue weighted by molar-refractivity contribution is 8.00. The Labute approximate surface area is 114 Å². The number of amides is 1. The summed E-state index contributed by atoms with van der Waals surface area (Å²) < 4.78 is 6.54. The van der Waals surface area contributed by atoms with Gasteiger partial charge in [0, 0.05) is 14.1 Å². The van der Waals surface area contributed by atoms with E-state index in [1.807, 2.05) is 0 Å². The summed E-state index contributed by atoms with van der Waals surface area (Å²) in [7, 11) is 3.42. The third-order valence-electron chi connectivity index (χ3n) is 2.48. The van der Waals surface area contributed by atoms with E-state index in [1.165, 1.54) is 27.6 Å². The lowest BCUT2D eigenvalue weighted by molar-refractivity contribution is -0.127. The zero-order valence-corrected chi connectivity index (χ0v) is 11.7. The second-order valence-corrected chi connectivity index (χ2v) is 5.45. The number of furan rings is 1. The van der Waals surface area contributed by atoms with Gasteiger partial charge >= 0.3 is 0 Å². The minimum absolute atomic E-state index is 0.00690. The Morgan fingerprint density at radius 2 is 2.26 bits per heavy atom. The molecule has 0 saturated heterocycles. The van der Waals surface area contributed by atoms with Gasteiger partial charge in [0.25, 0.3) is 0 Å². The van der Waals surface area contributed by atoms with Crippen molar-refractivity contribution in [2.24, 2.45) is 0 Å². The Balaban J connectivity index is 2.17. The number of hydrogen-bond donors (Lipinski definition) is 1. The maximum atomic E-state index is 11.8. The highest BCUT2D eigenvalue weighted by atomic mass is 32.2. The fourth-order valence-corrected chi connectivity index (χ4v) is 2.42. The summed E-state index contributed by atoms with van der Waals surface area (Å²) >= 11 is 1.26. The first kappa shape index (κ1) is 13.5. The van der Waals surface area contributed by atoms with Crippen LogP contribution in [0.5, 0.6) is 0 Å². The van der Waals surface area contributed by atoms with Crippen LogP contribution in [0.3, 0.4) is 0 Å². The number of carbonyl (C=O) groups excluding carboxylic acids is 1. The molecule has 0 bridgehead atoms. The molecular weight excluding hydrogens is 266 g/mol. The molecule has 2 N–H and O–H groups in total. The van der Waals surface area contributed by atoms with Crippen molar-refractivity contribution in [2.75, 3.05) is 19.9 Å². The molecule has 19 heavy (non-hydrogen) atoms. The van der Waals surface area contributed by atoms with E-state index in [-0.39, 0.29) is 11.2 Å². The predicted molar refractivity (Wildman–Crippen MR) is 71.9 cm³/mol. The molecule has 2 heterocycles. The smallest absolute Gasteiger partial charge is 0.235 e. The highest BCUT2D eigenvalue weighted by Gasteiger charge is 2.21. The number of rotatable bonds is 4. The molecule has 0 aliphatic heterocycles. The van der Waals surface area contributed by atoms with Gasteiger partial charge < -0.3 is 15.2 Å². The molecule has 2 rings (SSSR count). The summed E-state index contributed by atoms with van der Waals surface area (Å²) in [6.07, 6.45) is 1.54. The molecule has 0 aromatic carbocycles. The summed E-state index contributed by atoms with van der Waals surface area (Å²) in [5, 5.41) is 8.12. The molecule has 0 radical (unpaired) electrons. The normalized spacial score (nSPS) is 12.4. The van der Waals surface area contributed by atoms with Crippen LogP contribution < -0.4 is 5.84 Å². The zero-order valence-electron chi connectivity index (χ0n) is 10.9. The Morgan fingerprint density at radius 1 is 1.53 bits per heavy atom. The molecule has 2 aromatic heterocycles. The molecule has 0 aliphatic carbocycles. The van der Waals surface area contributed by atoms with Crippen LogP contribution in [0.1, 0.15) is 6.92 Å². The van der Waals surface area contributed by atoms with Crippen molar-refractivity contribution in [2.45, 2.75) is 17.3 Å². The maximum absolute atomic E-state index is 11.8. The second kappa shape index (κ2) is 5.35. The van der Waals surface area contributed by atoms with Crippen LogP contribution >= 0.6 is 11.8 Å². The van der Waals surface area contributed by atoms with E-state index in [4.69, 9.17) is 10.3 Å². The van der Waals surface area contributed by atoms with Crippen molar-refractivity contribution in [1.29, 1.82) is 0 Å². The number of nitrogen functional groups attached to an aromatic ring is 1. The molecule has 2 aromatic rings. The lowest BCUT2D eigenvalue weighted by Crippen LogP contribution is -2.30. The van der Waals surface area contributed by atoms with E-state index in [1.54, 1.807) is 33.2 Å². The van der Waals surface area contributed by atoms with Crippen molar-refractivity contribution >= 4 is 17.7 Å².